The molecule has 0 unspecified atom stereocenters. The van der Waals surface area contributed by atoms with E-state index in [4.69, 9.17) is 0 Å². The third-order valence-corrected chi connectivity index (χ3v) is 8.06. The summed E-state index contributed by atoms with van der Waals surface area (Å²) in [5.41, 5.74) is 2.78. The van der Waals surface area contributed by atoms with Crippen LogP contribution >= 0.6 is 7.60 Å². The first kappa shape index (κ1) is 27.1. The molecule has 0 bridgehead atoms. The van der Waals surface area contributed by atoms with E-state index in [1.54, 1.807) is 29.2 Å². The van der Waals surface area contributed by atoms with Crippen molar-refractivity contribution < 1.29 is 29.4 Å². The molecule has 0 saturated carbocycles. The highest BCUT2D eigenvalue weighted by molar-refractivity contribution is 7.60. The van der Waals surface area contributed by atoms with Crippen LogP contribution in [0.1, 0.15) is 57.1 Å². The molecule has 3 atom stereocenters. The Kier molecular flexibility index (Phi) is 8.50. The summed E-state index contributed by atoms with van der Waals surface area (Å²) in [5, 5.41) is 21.4. The molecular weight excluding hydrogens is 489 g/mol. The van der Waals surface area contributed by atoms with E-state index >= 15 is 0 Å². The van der Waals surface area contributed by atoms with Crippen molar-refractivity contribution in [2.24, 2.45) is 5.92 Å². The van der Waals surface area contributed by atoms with Gasteiger partial charge in [0.25, 0.3) is 0 Å². The Morgan fingerprint density at radius 2 is 1.59 bits per heavy atom. The monoisotopic (exact) mass is 523 g/mol. The first-order valence-corrected chi connectivity index (χ1v) is 14.4. The molecule has 3 aromatic rings. The maximum absolute atomic E-state index is 13.2. The summed E-state index contributed by atoms with van der Waals surface area (Å²) in [6.07, 6.45) is 4.47. The van der Waals surface area contributed by atoms with Crippen molar-refractivity contribution in [2.75, 3.05) is 4.90 Å². The lowest BCUT2D eigenvalue weighted by molar-refractivity contribution is -0.131. The summed E-state index contributed by atoms with van der Waals surface area (Å²) in [7, 11) is -4.33. The average molecular weight is 524 g/mol. The van der Waals surface area contributed by atoms with Crippen LogP contribution in [0.25, 0.3) is 11.1 Å². The summed E-state index contributed by atoms with van der Waals surface area (Å²) in [5.74, 6) is -0.322. The number of hydrogen-bond donors (Lipinski definition) is 4. The Balaban J connectivity index is 1.58. The van der Waals surface area contributed by atoms with Crippen LogP contribution < -0.4 is 10.2 Å². The molecule has 0 aromatic heterocycles. The van der Waals surface area contributed by atoms with E-state index in [2.05, 4.69) is 6.92 Å². The number of anilines is 1. The van der Waals surface area contributed by atoms with Crippen molar-refractivity contribution in [2.45, 2.75) is 57.6 Å². The van der Waals surface area contributed by atoms with Crippen LogP contribution in [0, 0.1) is 5.92 Å². The number of phenols is 1. The number of unbranched alkanes of at least 4 members (excludes halogenated alkanes) is 2. The fourth-order valence-corrected chi connectivity index (χ4v) is 5.57. The molecule has 0 spiro atoms. The van der Waals surface area contributed by atoms with Crippen LogP contribution in [0.2, 0.25) is 0 Å². The average Bonchev–Trinajstić information content (AvgIpc) is 2.88. The molecular formula is C29H34NO6P. The first-order chi connectivity index (χ1) is 17.7. The summed E-state index contributed by atoms with van der Waals surface area (Å²) >= 11 is 0. The Labute approximate surface area is 217 Å². The van der Waals surface area contributed by atoms with Gasteiger partial charge in [-0.3, -0.25) is 9.36 Å². The minimum Gasteiger partial charge on any atom is -0.508 e. The molecule has 4 N–H and O–H groups in total. The highest BCUT2D eigenvalue weighted by Crippen LogP contribution is 2.48. The molecule has 1 aliphatic heterocycles. The van der Waals surface area contributed by atoms with Crippen LogP contribution in [0.4, 0.5) is 5.69 Å². The van der Waals surface area contributed by atoms with Crippen LogP contribution in [-0.2, 0) is 9.36 Å². The zero-order valence-electron chi connectivity index (χ0n) is 20.9. The number of para-hydroxylation sites is 1. The number of β-lactam (4-membered cyclic amide) rings is 1. The molecule has 0 aliphatic carbocycles. The largest absolute Gasteiger partial charge is 0.508 e. The maximum atomic E-state index is 13.2. The zero-order chi connectivity index (χ0) is 26.6. The van der Waals surface area contributed by atoms with Crippen molar-refractivity contribution in [3.05, 3.63) is 78.4 Å². The van der Waals surface area contributed by atoms with E-state index in [0.717, 1.165) is 31.4 Å². The normalized spacial score (nSPS) is 18.5. The van der Waals surface area contributed by atoms with E-state index < -0.39 is 13.7 Å². The minimum atomic E-state index is -4.33. The van der Waals surface area contributed by atoms with Gasteiger partial charge in [0.15, 0.2) is 0 Å². The number of hydrogen-bond acceptors (Lipinski definition) is 4. The van der Waals surface area contributed by atoms with Gasteiger partial charge < -0.3 is 24.9 Å². The number of carbonyl (C=O) groups is 1. The molecule has 4 rings (SSSR count). The fraction of sp³-hybridized carbons (Fsp3) is 0.345. The van der Waals surface area contributed by atoms with Gasteiger partial charge in [-0.25, -0.2) is 0 Å². The van der Waals surface area contributed by atoms with Gasteiger partial charge in [0.05, 0.1) is 23.4 Å². The standard InChI is InChI=1S/C29H34NO6P/c1-2-3-5-10-23(31)14-18-26-28(30(29(26)33)22-8-6-4-7-9-22)25-17-13-21(19-27(25)32)20-11-15-24(16-12-20)37(34,35)36/h4,6-9,11-13,15-17,19,23,26,28,31-32H,2-3,5,10,14,18H2,1H3,(H2,34,35,36)/t23-,26+,28+/m0/s1. The van der Waals surface area contributed by atoms with Crippen molar-refractivity contribution in [1.29, 1.82) is 0 Å². The minimum absolute atomic E-state index is 0.0199. The number of nitrogens with zero attached hydrogens (tertiary/aromatic N) is 1. The van der Waals surface area contributed by atoms with Gasteiger partial charge in [-0.15, -0.1) is 0 Å². The quantitative estimate of drug-likeness (QED) is 0.154. The van der Waals surface area contributed by atoms with E-state index in [1.807, 2.05) is 36.4 Å². The number of aromatic hydroxyl groups is 1. The Morgan fingerprint density at radius 3 is 2.22 bits per heavy atom. The van der Waals surface area contributed by atoms with Gasteiger partial charge in [0, 0.05) is 11.3 Å². The predicted octanol–water partition coefficient (Wildman–Crippen LogP) is 5.29. The topological polar surface area (TPSA) is 118 Å². The van der Waals surface area contributed by atoms with Crippen LogP contribution in [0.3, 0.4) is 0 Å². The van der Waals surface area contributed by atoms with Gasteiger partial charge in [0.1, 0.15) is 5.75 Å². The number of amides is 1. The molecule has 7 nitrogen and oxygen atoms in total. The highest BCUT2D eigenvalue weighted by Gasteiger charge is 2.49. The van der Waals surface area contributed by atoms with E-state index in [1.165, 1.54) is 12.1 Å². The van der Waals surface area contributed by atoms with E-state index in [9.17, 15) is 29.4 Å². The molecule has 37 heavy (non-hydrogen) atoms. The number of benzene rings is 3. The predicted molar refractivity (Wildman–Crippen MR) is 145 cm³/mol. The summed E-state index contributed by atoms with van der Waals surface area (Å²) in [6.45, 7) is 2.12. The summed E-state index contributed by atoms with van der Waals surface area (Å²) in [4.78, 5) is 33.6. The van der Waals surface area contributed by atoms with Crippen LogP contribution in [0.15, 0.2) is 72.8 Å². The molecule has 3 aromatic carbocycles. The highest BCUT2D eigenvalue weighted by atomic mass is 31.2. The lowest BCUT2D eigenvalue weighted by atomic mass is 9.77. The molecule has 8 heteroatoms. The van der Waals surface area contributed by atoms with Gasteiger partial charge in [0.2, 0.25) is 5.91 Å². The van der Waals surface area contributed by atoms with Crippen LogP contribution in [-0.4, -0.2) is 32.0 Å². The smallest absolute Gasteiger partial charge is 0.356 e. The lowest BCUT2D eigenvalue weighted by Gasteiger charge is -2.48. The Bertz CT molecular complexity index is 1260. The molecule has 0 radical (unpaired) electrons. The molecule has 1 aliphatic rings. The molecule has 1 fully saturated rings. The van der Waals surface area contributed by atoms with Crippen molar-refractivity contribution in [1.82, 2.24) is 0 Å². The summed E-state index contributed by atoms with van der Waals surface area (Å²) in [6, 6.07) is 20.2. The second-order valence-electron chi connectivity index (χ2n) is 9.69. The number of rotatable bonds is 11. The number of phenolic OH excluding ortho intramolecular Hbond substituents is 1. The number of carbonyl (C=O) groups excluding carboxylic acids is 1. The molecule has 1 heterocycles. The van der Waals surface area contributed by atoms with Crippen molar-refractivity contribution >= 4 is 24.5 Å². The van der Waals surface area contributed by atoms with Crippen molar-refractivity contribution in [3.63, 3.8) is 0 Å². The van der Waals surface area contributed by atoms with E-state index in [-0.39, 0.29) is 28.9 Å². The molecule has 196 valence electrons. The van der Waals surface area contributed by atoms with Crippen molar-refractivity contribution in [3.8, 4) is 16.9 Å². The van der Waals surface area contributed by atoms with Crippen LogP contribution in [0.5, 0.6) is 5.75 Å². The first-order valence-electron chi connectivity index (χ1n) is 12.8. The van der Waals surface area contributed by atoms with Gasteiger partial charge in [-0.1, -0.05) is 68.7 Å². The number of aliphatic hydroxyl groups excluding tert-OH is 1. The molecule has 1 amide bonds. The number of aliphatic hydroxyl groups is 1. The third kappa shape index (κ3) is 6.13. The summed E-state index contributed by atoms with van der Waals surface area (Å²) < 4.78 is 11.5. The Hall–Kier alpha value is -2.96. The third-order valence-electron chi connectivity index (χ3n) is 7.09. The van der Waals surface area contributed by atoms with Gasteiger partial charge in [-0.2, -0.15) is 0 Å². The Morgan fingerprint density at radius 1 is 0.919 bits per heavy atom. The van der Waals surface area contributed by atoms with E-state index in [0.29, 0.717) is 29.5 Å². The van der Waals surface area contributed by atoms with Gasteiger partial charge in [-0.05, 0) is 60.7 Å². The SMILES string of the molecule is CCCCC[C@H](O)CC[C@H]1C(=O)N(c2ccccc2)[C@@H]1c1ccc(-c2ccc(P(=O)(O)O)cc2)cc1O. The second-order valence-corrected chi connectivity index (χ2v) is 11.3. The van der Waals surface area contributed by atoms with Gasteiger partial charge >= 0.3 is 7.60 Å². The zero-order valence-corrected chi connectivity index (χ0v) is 21.8. The fourth-order valence-electron chi connectivity index (χ4n) is 5.03. The second kappa shape index (κ2) is 11.6. The maximum Gasteiger partial charge on any atom is 0.356 e. The molecule has 1 saturated heterocycles. The lowest BCUT2D eigenvalue weighted by Crippen LogP contribution is -2.55.